The average Bonchev–Trinajstić information content (AvgIpc) is 3.15. The Hall–Kier alpha value is -3.61. The molecule has 0 aromatic heterocycles. The molecule has 0 spiro atoms. The second-order valence-corrected chi connectivity index (χ2v) is 8.10. The highest BCUT2D eigenvalue weighted by atomic mass is 35.5. The first-order valence-electron chi connectivity index (χ1n) is 10.7. The summed E-state index contributed by atoms with van der Waals surface area (Å²) < 4.78 is 0. The Labute approximate surface area is 198 Å². The Morgan fingerprint density at radius 1 is 1.03 bits per heavy atom. The van der Waals surface area contributed by atoms with Crippen LogP contribution < -0.4 is 20.9 Å². The molecule has 1 heterocycles. The molecule has 1 aliphatic rings. The summed E-state index contributed by atoms with van der Waals surface area (Å²) in [5.74, 6) is -0.202. The van der Waals surface area contributed by atoms with Crippen molar-refractivity contribution in [3.63, 3.8) is 0 Å². The molecule has 0 saturated heterocycles. The quantitative estimate of drug-likeness (QED) is 0.441. The molecule has 0 fully saturated rings. The van der Waals surface area contributed by atoms with E-state index in [1.807, 2.05) is 67.6 Å². The molecule has 4 rings (SSSR count). The van der Waals surface area contributed by atoms with E-state index in [0.29, 0.717) is 22.0 Å². The summed E-state index contributed by atoms with van der Waals surface area (Å²) in [7, 11) is 1.75. The van der Waals surface area contributed by atoms with Crippen LogP contribution in [0, 0.1) is 0 Å². The Morgan fingerprint density at radius 3 is 2.45 bits per heavy atom. The molecule has 0 unspecified atom stereocenters. The summed E-state index contributed by atoms with van der Waals surface area (Å²) in [5, 5.41) is 9.94. The summed E-state index contributed by atoms with van der Waals surface area (Å²) in [6, 6.07) is 22.6. The van der Waals surface area contributed by atoms with Gasteiger partial charge in [0.05, 0.1) is 23.5 Å². The molecule has 3 aromatic carbocycles. The van der Waals surface area contributed by atoms with Crippen LogP contribution in [0.25, 0.3) is 11.3 Å². The van der Waals surface area contributed by atoms with Gasteiger partial charge in [-0.3, -0.25) is 9.59 Å². The highest BCUT2D eigenvalue weighted by Gasteiger charge is 2.28. The fraction of sp³-hybridized carbons (Fsp3) is 0.154. The zero-order chi connectivity index (χ0) is 23.4. The molecular weight excluding hydrogens is 436 g/mol. The molecule has 2 amide bonds. The van der Waals surface area contributed by atoms with Gasteiger partial charge in [-0.05, 0) is 48.5 Å². The van der Waals surface area contributed by atoms with Crippen LogP contribution in [0.15, 0.2) is 72.8 Å². The van der Waals surface area contributed by atoms with E-state index in [4.69, 9.17) is 11.6 Å². The molecule has 0 bridgehead atoms. The van der Waals surface area contributed by atoms with Crippen LogP contribution in [0.2, 0.25) is 5.02 Å². The molecule has 6 nitrogen and oxygen atoms in total. The van der Waals surface area contributed by atoms with Crippen molar-refractivity contribution in [3.05, 3.63) is 88.9 Å². The topological polar surface area (TPSA) is 73.5 Å². The van der Waals surface area contributed by atoms with E-state index in [1.165, 1.54) is 0 Å². The number of carbonyl (C=O) groups excluding carboxylic acids is 2. The molecule has 3 aromatic rings. The molecule has 3 N–H and O–H groups in total. The minimum atomic E-state index is -0.191. The highest BCUT2D eigenvalue weighted by Crippen LogP contribution is 2.38. The van der Waals surface area contributed by atoms with Crippen molar-refractivity contribution in [2.75, 3.05) is 35.7 Å². The molecule has 168 valence electrons. The Morgan fingerprint density at radius 2 is 1.76 bits per heavy atom. The van der Waals surface area contributed by atoms with E-state index >= 15 is 0 Å². The van der Waals surface area contributed by atoms with Gasteiger partial charge in [0.15, 0.2) is 0 Å². The standard InChI is InChI=1S/C26H25ClN4O2/c1-3-28-16-23(32)31(2)20-12-10-19(11-13-20)29-25(17-7-5-4-6-8-17)24-21-14-9-18(27)15-22(21)30-26(24)33/h4-15,28-29H,3,16H2,1-2H3,(H,30,33)/b25-24-. The highest BCUT2D eigenvalue weighted by molar-refractivity contribution is 6.38. The van der Waals surface area contributed by atoms with Gasteiger partial charge in [-0.1, -0.05) is 54.9 Å². The molecule has 0 saturated carbocycles. The van der Waals surface area contributed by atoms with E-state index in [-0.39, 0.29) is 18.4 Å². The van der Waals surface area contributed by atoms with Gasteiger partial charge in [-0.15, -0.1) is 0 Å². The van der Waals surface area contributed by atoms with Gasteiger partial charge in [0.25, 0.3) is 5.91 Å². The number of nitrogens with zero attached hydrogens (tertiary/aromatic N) is 1. The van der Waals surface area contributed by atoms with Crippen LogP contribution >= 0.6 is 11.6 Å². The molecular formula is C26H25ClN4O2. The molecule has 1 aliphatic heterocycles. The summed E-state index contributed by atoms with van der Waals surface area (Å²) in [5.41, 5.74) is 5.19. The minimum Gasteiger partial charge on any atom is -0.354 e. The van der Waals surface area contributed by atoms with Crippen molar-refractivity contribution in [1.82, 2.24) is 5.32 Å². The zero-order valence-electron chi connectivity index (χ0n) is 18.5. The Balaban J connectivity index is 1.68. The van der Waals surface area contributed by atoms with Crippen LogP contribution in [0.4, 0.5) is 17.1 Å². The Bertz CT molecular complexity index is 1210. The van der Waals surface area contributed by atoms with E-state index < -0.39 is 0 Å². The number of likely N-dealkylation sites (N-methyl/N-ethyl adjacent to an activating group) is 2. The average molecular weight is 461 g/mol. The van der Waals surface area contributed by atoms with Crippen LogP contribution in [-0.2, 0) is 9.59 Å². The third kappa shape index (κ3) is 4.92. The maximum absolute atomic E-state index is 13.0. The second-order valence-electron chi connectivity index (χ2n) is 7.67. The van der Waals surface area contributed by atoms with Crippen LogP contribution in [0.5, 0.6) is 0 Å². The molecule has 7 heteroatoms. The fourth-order valence-corrected chi connectivity index (χ4v) is 3.86. The van der Waals surface area contributed by atoms with Crippen molar-refractivity contribution in [2.24, 2.45) is 0 Å². The van der Waals surface area contributed by atoms with Gasteiger partial charge < -0.3 is 20.9 Å². The number of hydrogen-bond acceptors (Lipinski definition) is 4. The van der Waals surface area contributed by atoms with Crippen molar-refractivity contribution >= 4 is 51.7 Å². The van der Waals surface area contributed by atoms with E-state index in [0.717, 1.165) is 29.0 Å². The number of hydrogen-bond donors (Lipinski definition) is 3. The van der Waals surface area contributed by atoms with Crippen LogP contribution in [0.3, 0.4) is 0 Å². The monoisotopic (exact) mass is 460 g/mol. The van der Waals surface area contributed by atoms with Crippen molar-refractivity contribution in [1.29, 1.82) is 0 Å². The van der Waals surface area contributed by atoms with E-state index in [2.05, 4.69) is 16.0 Å². The number of halogens is 1. The largest absolute Gasteiger partial charge is 0.354 e. The zero-order valence-corrected chi connectivity index (χ0v) is 19.2. The summed E-state index contributed by atoms with van der Waals surface area (Å²) in [6.07, 6.45) is 0. The number of amides is 2. The lowest BCUT2D eigenvalue weighted by atomic mass is 10.00. The van der Waals surface area contributed by atoms with Crippen LogP contribution in [0.1, 0.15) is 18.1 Å². The second kappa shape index (κ2) is 9.90. The van der Waals surface area contributed by atoms with Gasteiger partial charge in [-0.25, -0.2) is 0 Å². The first-order chi connectivity index (χ1) is 16.0. The van der Waals surface area contributed by atoms with Crippen molar-refractivity contribution in [2.45, 2.75) is 6.92 Å². The van der Waals surface area contributed by atoms with Gasteiger partial charge in [0, 0.05) is 29.0 Å². The fourth-order valence-electron chi connectivity index (χ4n) is 3.68. The number of anilines is 3. The van der Waals surface area contributed by atoms with Gasteiger partial charge in [-0.2, -0.15) is 0 Å². The number of rotatable bonds is 7. The maximum Gasteiger partial charge on any atom is 0.258 e. The number of carbonyl (C=O) groups is 2. The molecule has 0 aliphatic carbocycles. The van der Waals surface area contributed by atoms with Crippen LogP contribution in [-0.4, -0.2) is 32.0 Å². The normalized spacial score (nSPS) is 13.8. The molecule has 0 radical (unpaired) electrons. The minimum absolute atomic E-state index is 0.0115. The van der Waals surface area contributed by atoms with Gasteiger partial charge in [0.1, 0.15) is 0 Å². The maximum atomic E-state index is 13.0. The van der Waals surface area contributed by atoms with Crippen molar-refractivity contribution < 1.29 is 9.59 Å². The summed E-state index contributed by atoms with van der Waals surface area (Å²) in [4.78, 5) is 26.9. The molecule has 33 heavy (non-hydrogen) atoms. The lowest BCUT2D eigenvalue weighted by molar-refractivity contribution is -0.117. The predicted molar refractivity (Wildman–Crippen MR) is 135 cm³/mol. The third-order valence-corrected chi connectivity index (χ3v) is 5.70. The lowest BCUT2D eigenvalue weighted by Gasteiger charge is -2.19. The molecule has 0 atom stereocenters. The van der Waals surface area contributed by atoms with E-state index in [9.17, 15) is 9.59 Å². The predicted octanol–water partition coefficient (Wildman–Crippen LogP) is 4.84. The Kier molecular flexibility index (Phi) is 6.77. The third-order valence-electron chi connectivity index (χ3n) is 5.46. The first-order valence-corrected chi connectivity index (χ1v) is 11.1. The SMILES string of the molecule is CCNCC(=O)N(C)c1ccc(N/C(=C2\C(=O)Nc3cc(Cl)ccc32)c2ccccc2)cc1. The number of benzene rings is 3. The van der Waals surface area contributed by atoms with E-state index in [1.54, 1.807) is 24.1 Å². The van der Waals surface area contributed by atoms with Gasteiger partial charge >= 0.3 is 0 Å². The van der Waals surface area contributed by atoms with Gasteiger partial charge in [0.2, 0.25) is 5.91 Å². The van der Waals surface area contributed by atoms with Crippen molar-refractivity contribution in [3.8, 4) is 0 Å². The smallest absolute Gasteiger partial charge is 0.258 e. The number of nitrogens with one attached hydrogen (secondary N) is 3. The first kappa shape index (κ1) is 22.6. The summed E-state index contributed by atoms with van der Waals surface area (Å²) in [6.45, 7) is 2.99. The number of fused-ring (bicyclic) bond motifs is 1. The lowest BCUT2D eigenvalue weighted by Crippen LogP contribution is -2.35. The summed E-state index contributed by atoms with van der Waals surface area (Å²) >= 11 is 6.12.